The highest BCUT2D eigenvalue weighted by Crippen LogP contribution is 2.29. The van der Waals surface area contributed by atoms with Gasteiger partial charge >= 0.3 is 11.9 Å². The summed E-state index contributed by atoms with van der Waals surface area (Å²) in [7, 11) is 0. The first-order valence-electron chi connectivity index (χ1n) is 11.1. The van der Waals surface area contributed by atoms with E-state index in [0.29, 0.717) is 28.0 Å². The number of carbonyl (C=O) groups is 1. The molecule has 3 heterocycles. The van der Waals surface area contributed by atoms with Crippen molar-refractivity contribution in [2.75, 3.05) is 11.2 Å². The molecule has 0 unspecified atom stereocenters. The van der Waals surface area contributed by atoms with Crippen LogP contribution in [0.4, 0.5) is 19.1 Å². The lowest BCUT2D eigenvalue weighted by atomic mass is 10.1. The number of rotatable bonds is 4. The first-order chi connectivity index (χ1) is 18.0. The molecule has 0 radical (unpaired) electrons. The number of nitrogens with one attached hydrogen (secondary N) is 1. The summed E-state index contributed by atoms with van der Waals surface area (Å²) in [5.74, 6) is -0.799. The van der Waals surface area contributed by atoms with Gasteiger partial charge in [-0.25, -0.2) is 15.2 Å². The van der Waals surface area contributed by atoms with Crippen molar-refractivity contribution < 1.29 is 18.0 Å². The van der Waals surface area contributed by atoms with Crippen molar-refractivity contribution in [2.24, 2.45) is 0 Å². The second kappa shape index (κ2) is 9.06. The van der Waals surface area contributed by atoms with E-state index < -0.39 is 23.3 Å². The quantitative estimate of drug-likeness (QED) is 0.367. The van der Waals surface area contributed by atoms with Gasteiger partial charge in [0.05, 0.1) is 22.8 Å². The molecule has 3 N–H and O–H groups in total. The smallest absolute Gasteiger partial charge is 0.368 e. The van der Waals surface area contributed by atoms with Crippen LogP contribution < -0.4 is 16.8 Å². The molecule has 0 aliphatic rings. The largest absolute Gasteiger partial charge is 0.416 e. The van der Waals surface area contributed by atoms with E-state index in [2.05, 4.69) is 30.7 Å². The van der Waals surface area contributed by atoms with E-state index in [4.69, 9.17) is 5.73 Å². The Morgan fingerprint density at radius 2 is 1.87 bits per heavy atom. The number of nitrogens with zero attached hydrogens (tertiary/aromatic N) is 7. The van der Waals surface area contributed by atoms with Crippen molar-refractivity contribution in [3.05, 3.63) is 87.7 Å². The van der Waals surface area contributed by atoms with Gasteiger partial charge < -0.3 is 5.73 Å². The third kappa shape index (κ3) is 4.54. The number of fused-ring (bicyclic) bond motifs is 1. The van der Waals surface area contributed by atoms with Crippen LogP contribution in [0.5, 0.6) is 0 Å². The molecule has 0 fully saturated rings. The zero-order valence-electron chi connectivity index (χ0n) is 19.9. The molecule has 0 bridgehead atoms. The molecule has 2 aromatic carbocycles. The van der Waals surface area contributed by atoms with E-state index in [9.17, 15) is 22.8 Å². The minimum Gasteiger partial charge on any atom is -0.368 e. The Kier molecular flexibility index (Phi) is 5.86. The van der Waals surface area contributed by atoms with Gasteiger partial charge in [0.25, 0.3) is 5.91 Å². The molecule has 38 heavy (non-hydrogen) atoms. The minimum atomic E-state index is -4.58. The number of halogens is 3. The Balaban J connectivity index is 1.46. The monoisotopic (exact) mass is 521 g/mol. The summed E-state index contributed by atoms with van der Waals surface area (Å²) in [5, 5.41) is 8.43. The Hall–Kier alpha value is -5.14. The summed E-state index contributed by atoms with van der Waals surface area (Å²) in [4.78, 5) is 38.4. The van der Waals surface area contributed by atoms with Crippen LogP contribution in [0.3, 0.4) is 0 Å². The second-order valence-electron chi connectivity index (χ2n) is 8.35. The van der Waals surface area contributed by atoms with Crippen LogP contribution in [0.2, 0.25) is 0 Å². The maximum absolute atomic E-state index is 13.0. The fraction of sp³-hybridized carbons (Fsp3) is 0.125. The zero-order chi connectivity index (χ0) is 27.2. The number of hydrogen-bond acceptors (Lipinski definition) is 8. The number of anilines is 1. The van der Waals surface area contributed by atoms with Crippen LogP contribution in [-0.4, -0.2) is 40.5 Å². The van der Waals surface area contributed by atoms with E-state index in [1.165, 1.54) is 23.0 Å². The van der Waals surface area contributed by atoms with E-state index in [1.807, 2.05) is 6.92 Å². The molecule has 0 saturated carbocycles. The Morgan fingerprint density at radius 3 is 2.63 bits per heavy atom. The molecule has 0 aliphatic heterocycles. The molecule has 0 saturated heterocycles. The number of carbonyl (C=O) groups excluding carboxylic acids is 1. The highest BCUT2D eigenvalue weighted by atomic mass is 19.4. The van der Waals surface area contributed by atoms with Gasteiger partial charge in [0.1, 0.15) is 5.69 Å². The van der Waals surface area contributed by atoms with Crippen LogP contribution in [0.15, 0.2) is 59.7 Å². The van der Waals surface area contributed by atoms with Crippen LogP contribution in [-0.2, 0) is 6.18 Å². The summed E-state index contributed by atoms with van der Waals surface area (Å²) >= 11 is 0. The summed E-state index contributed by atoms with van der Waals surface area (Å²) in [5.41, 5.74) is 9.21. The van der Waals surface area contributed by atoms with Crippen molar-refractivity contribution in [1.82, 2.24) is 34.6 Å². The molecule has 5 rings (SSSR count). The number of aryl methyl sites for hydroxylation is 2. The lowest BCUT2D eigenvalue weighted by Gasteiger charge is -2.14. The number of nitrogen functional groups attached to an aromatic ring is 1. The lowest BCUT2D eigenvalue weighted by Crippen LogP contribution is -2.25. The molecule has 0 spiro atoms. The van der Waals surface area contributed by atoms with Crippen LogP contribution >= 0.6 is 0 Å². The molecule has 192 valence electrons. The number of benzene rings is 2. The SMILES string of the molecule is Cc1ccc(-c2cn(NC(=O)c3cccc(C(F)(F)F)c3)nn2)cc1-n1c(C)c2cnc(N)nc2nc1=O. The van der Waals surface area contributed by atoms with Gasteiger partial charge in [0.15, 0.2) is 5.65 Å². The van der Waals surface area contributed by atoms with E-state index in [0.717, 1.165) is 28.6 Å². The maximum Gasteiger partial charge on any atom is 0.416 e. The number of amides is 1. The number of alkyl halides is 3. The first-order valence-corrected chi connectivity index (χ1v) is 11.1. The van der Waals surface area contributed by atoms with Gasteiger partial charge in [-0.15, -0.1) is 5.10 Å². The van der Waals surface area contributed by atoms with Gasteiger partial charge in [0, 0.05) is 23.0 Å². The van der Waals surface area contributed by atoms with Crippen molar-refractivity contribution in [2.45, 2.75) is 20.0 Å². The number of nitrogens with two attached hydrogens (primary N) is 1. The molecule has 0 aliphatic carbocycles. The Bertz CT molecular complexity index is 1780. The minimum absolute atomic E-state index is 0.00274. The Morgan fingerprint density at radius 1 is 1.08 bits per heavy atom. The van der Waals surface area contributed by atoms with E-state index in [-0.39, 0.29) is 17.2 Å². The van der Waals surface area contributed by atoms with Gasteiger partial charge in [-0.3, -0.25) is 9.36 Å². The molecular weight excluding hydrogens is 503 g/mol. The molecule has 3 aromatic heterocycles. The van der Waals surface area contributed by atoms with E-state index in [1.54, 1.807) is 25.1 Å². The molecule has 0 atom stereocenters. The highest BCUT2D eigenvalue weighted by Gasteiger charge is 2.31. The van der Waals surface area contributed by atoms with Crippen molar-refractivity contribution >= 4 is 22.9 Å². The predicted octanol–water partition coefficient (Wildman–Crippen LogP) is 3.04. The third-order valence-corrected chi connectivity index (χ3v) is 5.81. The summed E-state index contributed by atoms with van der Waals surface area (Å²) in [6.07, 6.45) is -1.69. The predicted molar refractivity (Wildman–Crippen MR) is 131 cm³/mol. The second-order valence-corrected chi connectivity index (χ2v) is 8.35. The maximum atomic E-state index is 13.0. The molecule has 14 heteroatoms. The fourth-order valence-electron chi connectivity index (χ4n) is 3.88. The summed E-state index contributed by atoms with van der Waals surface area (Å²) < 4.78 is 40.4. The Labute approximate surface area is 211 Å². The first kappa shape index (κ1) is 24.5. The van der Waals surface area contributed by atoms with Crippen LogP contribution in [0, 0.1) is 13.8 Å². The van der Waals surface area contributed by atoms with Gasteiger partial charge in [-0.1, -0.05) is 18.2 Å². The van der Waals surface area contributed by atoms with Crippen LogP contribution in [0.25, 0.3) is 28.0 Å². The number of hydrogen-bond donors (Lipinski definition) is 2. The van der Waals surface area contributed by atoms with Crippen LogP contribution in [0.1, 0.15) is 27.2 Å². The zero-order valence-corrected chi connectivity index (χ0v) is 19.9. The fourth-order valence-corrected chi connectivity index (χ4v) is 3.88. The normalized spacial score (nSPS) is 11.6. The van der Waals surface area contributed by atoms with Gasteiger partial charge in [0.2, 0.25) is 5.95 Å². The van der Waals surface area contributed by atoms with Gasteiger partial charge in [-0.05, 0) is 48.9 Å². The summed E-state index contributed by atoms with van der Waals surface area (Å²) in [6.45, 7) is 3.55. The van der Waals surface area contributed by atoms with E-state index >= 15 is 0 Å². The highest BCUT2D eigenvalue weighted by molar-refractivity contribution is 6.00. The molecule has 1 amide bonds. The molecular formula is C24H18F3N9O2. The summed E-state index contributed by atoms with van der Waals surface area (Å²) in [6, 6.07) is 9.26. The van der Waals surface area contributed by atoms with Crippen molar-refractivity contribution in [3.63, 3.8) is 0 Å². The standard InChI is InChI=1S/C24H18F3N9O2/c1-12-6-7-14(9-19(12)36-13(2)17-10-29-22(28)30-20(17)31-23(36)38)18-11-35(34-32-18)33-21(37)15-4-3-5-16(8-15)24(25,26)27/h3-11H,1-2H3,(H,33,37)(H2,28,30,31,38). The molecule has 5 aromatic rings. The van der Waals surface area contributed by atoms with Crippen molar-refractivity contribution in [1.29, 1.82) is 0 Å². The lowest BCUT2D eigenvalue weighted by molar-refractivity contribution is -0.137. The average Bonchev–Trinajstić information content (AvgIpc) is 3.33. The van der Waals surface area contributed by atoms with Crippen molar-refractivity contribution in [3.8, 4) is 16.9 Å². The topological polar surface area (TPSA) is 146 Å². The average molecular weight is 521 g/mol. The number of aromatic nitrogens is 7. The molecule has 11 nitrogen and oxygen atoms in total. The third-order valence-electron chi connectivity index (χ3n) is 5.81. The van der Waals surface area contributed by atoms with Gasteiger partial charge in [-0.2, -0.15) is 27.9 Å².